The van der Waals surface area contributed by atoms with Gasteiger partial charge in [-0.3, -0.25) is 10.1 Å². The van der Waals surface area contributed by atoms with E-state index < -0.39 is 68.2 Å². The number of hydrogen-bond donors (Lipinski definition) is 2. The third kappa shape index (κ3) is 6.74. The molecule has 1 fully saturated rings. The van der Waals surface area contributed by atoms with Crippen LogP contribution in [0.4, 0.5) is 22.0 Å². The minimum atomic E-state index is -4.95. The van der Waals surface area contributed by atoms with E-state index in [2.05, 4.69) is 5.32 Å². The van der Waals surface area contributed by atoms with Gasteiger partial charge in [0.2, 0.25) is 5.91 Å². The highest BCUT2D eigenvalue weighted by Gasteiger charge is 2.48. The first kappa shape index (κ1) is 25.6. The average molecular weight is 501 g/mol. The lowest BCUT2D eigenvalue weighted by molar-refractivity contribution is -0.160. The fourth-order valence-electron chi connectivity index (χ4n) is 3.30. The Balaban J connectivity index is 1.88. The number of benzene rings is 2. The number of sulfone groups is 1. The number of hydrogen-bond acceptors (Lipinski definition) is 5. The Labute approximate surface area is 192 Å². The molecule has 182 valence electrons. The number of nitriles is 1. The number of rotatable bonds is 9. The maximum atomic E-state index is 13.8. The molecule has 2 N–H and O–H groups in total. The van der Waals surface area contributed by atoms with Crippen LogP contribution in [0.5, 0.6) is 0 Å². The lowest BCUT2D eigenvalue weighted by atomic mass is 10.0. The summed E-state index contributed by atoms with van der Waals surface area (Å²) < 4.78 is 93.4. The summed E-state index contributed by atoms with van der Waals surface area (Å²) in [5.74, 6) is -4.12. The zero-order chi connectivity index (χ0) is 25.1. The van der Waals surface area contributed by atoms with E-state index in [0.29, 0.717) is 0 Å². The second kappa shape index (κ2) is 9.68. The fourth-order valence-corrected chi connectivity index (χ4v) is 4.87. The van der Waals surface area contributed by atoms with E-state index in [9.17, 15) is 40.4 Å². The van der Waals surface area contributed by atoms with E-state index in [1.165, 1.54) is 12.1 Å². The van der Waals surface area contributed by atoms with Crippen molar-refractivity contribution >= 4 is 15.7 Å². The summed E-state index contributed by atoms with van der Waals surface area (Å²) in [6, 6.07) is 5.35. The normalized spacial score (nSPS) is 16.8. The Morgan fingerprint density at radius 3 is 2.03 bits per heavy atom. The summed E-state index contributed by atoms with van der Waals surface area (Å²) in [6.45, 7) is 0. The van der Waals surface area contributed by atoms with E-state index >= 15 is 0 Å². The first-order valence-electron chi connectivity index (χ1n) is 10.1. The van der Waals surface area contributed by atoms with Crippen molar-refractivity contribution in [3.63, 3.8) is 0 Å². The molecule has 0 radical (unpaired) electrons. The van der Waals surface area contributed by atoms with E-state index in [1.54, 1.807) is 0 Å². The molecule has 1 amide bonds. The smallest absolute Gasteiger partial charge is 0.336 e. The first-order chi connectivity index (χ1) is 15.8. The van der Waals surface area contributed by atoms with Gasteiger partial charge < -0.3 is 5.32 Å². The quantitative estimate of drug-likeness (QED) is 0.514. The molecule has 34 heavy (non-hydrogen) atoms. The van der Waals surface area contributed by atoms with Crippen molar-refractivity contribution in [2.75, 3.05) is 5.75 Å². The van der Waals surface area contributed by atoms with Crippen LogP contribution >= 0.6 is 0 Å². The highest BCUT2D eigenvalue weighted by Crippen LogP contribution is 2.35. The van der Waals surface area contributed by atoms with Crippen LogP contribution in [0.2, 0.25) is 0 Å². The molecule has 2 aromatic carbocycles. The summed E-state index contributed by atoms with van der Waals surface area (Å²) in [6.07, 6.45) is -4.39. The molecule has 0 saturated heterocycles. The monoisotopic (exact) mass is 501 g/mol. The van der Waals surface area contributed by atoms with Gasteiger partial charge in [0.25, 0.3) is 0 Å². The number of nitrogens with zero attached hydrogens (tertiary/aromatic N) is 1. The van der Waals surface area contributed by atoms with Gasteiger partial charge in [-0.25, -0.2) is 17.2 Å². The fraction of sp³-hybridized carbons (Fsp3) is 0.364. The van der Waals surface area contributed by atoms with Crippen molar-refractivity contribution in [2.45, 2.75) is 42.4 Å². The van der Waals surface area contributed by atoms with Crippen molar-refractivity contribution < 1.29 is 35.2 Å². The van der Waals surface area contributed by atoms with Crippen molar-refractivity contribution in [2.24, 2.45) is 0 Å². The van der Waals surface area contributed by atoms with Crippen LogP contribution in [-0.4, -0.2) is 37.8 Å². The molecule has 0 spiro atoms. The molecule has 1 aliphatic rings. The van der Waals surface area contributed by atoms with Crippen LogP contribution in [0, 0.1) is 23.0 Å². The lowest BCUT2D eigenvalue weighted by Crippen LogP contribution is -2.54. The van der Waals surface area contributed by atoms with Gasteiger partial charge in [-0.15, -0.1) is 0 Å². The van der Waals surface area contributed by atoms with Gasteiger partial charge in [-0.05, 0) is 48.2 Å². The first-order valence-corrected chi connectivity index (χ1v) is 11.9. The zero-order valence-electron chi connectivity index (χ0n) is 17.6. The summed E-state index contributed by atoms with van der Waals surface area (Å²) >= 11 is 0. The van der Waals surface area contributed by atoms with Gasteiger partial charge in [-0.1, -0.05) is 24.3 Å². The van der Waals surface area contributed by atoms with Crippen LogP contribution in [0.3, 0.4) is 0 Å². The molecule has 2 aromatic rings. The van der Waals surface area contributed by atoms with Crippen LogP contribution in [0.25, 0.3) is 0 Å². The molecule has 3 rings (SSSR count). The molecule has 12 heteroatoms. The van der Waals surface area contributed by atoms with Crippen molar-refractivity contribution in [1.29, 1.82) is 5.26 Å². The molecule has 1 saturated carbocycles. The lowest BCUT2D eigenvalue weighted by Gasteiger charge is -2.28. The van der Waals surface area contributed by atoms with Gasteiger partial charge in [-0.2, -0.15) is 18.4 Å². The number of alkyl halides is 3. The summed E-state index contributed by atoms with van der Waals surface area (Å²) in [5, 5.41) is 13.6. The third-order valence-electron chi connectivity index (χ3n) is 5.26. The molecule has 2 unspecified atom stereocenters. The molecule has 0 aromatic heterocycles. The number of carbonyl (C=O) groups is 1. The predicted octanol–water partition coefficient (Wildman–Crippen LogP) is 3.31. The average Bonchev–Trinajstić information content (AvgIpc) is 3.52. The number of nitrogens with one attached hydrogen (secondary N) is 2. The minimum Gasteiger partial charge on any atom is -0.336 e. The van der Waals surface area contributed by atoms with E-state index in [1.807, 2.05) is 11.4 Å². The van der Waals surface area contributed by atoms with Gasteiger partial charge >= 0.3 is 6.18 Å². The SMILES string of the molecule is N#CC1(NC(=O)C(CS(=O)(=O)Cc2ccc(F)cc2)NC(c2ccc(F)cc2)C(F)(F)F)CC1. The second-order valence-corrected chi connectivity index (χ2v) is 10.2. The third-order valence-corrected chi connectivity index (χ3v) is 6.88. The van der Waals surface area contributed by atoms with Gasteiger partial charge in [0.1, 0.15) is 29.3 Å². The van der Waals surface area contributed by atoms with E-state index in [4.69, 9.17) is 0 Å². The Bertz CT molecular complexity index is 1170. The highest BCUT2D eigenvalue weighted by atomic mass is 32.2. The molecule has 0 bridgehead atoms. The molecule has 0 aliphatic heterocycles. The molecule has 2 atom stereocenters. The Morgan fingerprint density at radius 1 is 1.03 bits per heavy atom. The summed E-state index contributed by atoms with van der Waals surface area (Å²) in [7, 11) is -4.17. The second-order valence-electron chi connectivity index (χ2n) is 8.11. The standard InChI is InChI=1S/C22H20F5N3O3S/c23-16-5-1-14(2-6-16)11-34(32,33)12-18(20(31)30-21(13-28)9-10-21)29-19(22(25,26)27)15-3-7-17(24)8-4-15/h1-8,18-19,29H,9-12H2,(H,30,31). The highest BCUT2D eigenvalue weighted by molar-refractivity contribution is 7.90. The topological polar surface area (TPSA) is 99.1 Å². The maximum Gasteiger partial charge on any atom is 0.407 e. The van der Waals surface area contributed by atoms with Gasteiger partial charge in [0.05, 0.1) is 17.6 Å². The van der Waals surface area contributed by atoms with Gasteiger partial charge in [0.15, 0.2) is 9.84 Å². The Morgan fingerprint density at radius 2 is 1.56 bits per heavy atom. The van der Waals surface area contributed by atoms with Crippen LogP contribution in [0.15, 0.2) is 48.5 Å². The van der Waals surface area contributed by atoms with E-state index in [-0.39, 0.29) is 18.4 Å². The summed E-state index contributed by atoms with van der Waals surface area (Å²) in [4.78, 5) is 12.8. The zero-order valence-corrected chi connectivity index (χ0v) is 18.4. The van der Waals surface area contributed by atoms with Gasteiger partial charge in [0, 0.05) is 0 Å². The van der Waals surface area contributed by atoms with Crippen LogP contribution < -0.4 is 10.6 Å². The molecular weight excluding hydrogens is 481 g/mol. The van der Waals surface area contributed by atoms with Crippen LogP contribution in [0.1, 0.15) is 30.0 Å². The predicted molar refractivity (Wildman–Crippen MR) is 112 cm³/mol. The largest absolute Gasteiger partial charge is 0.407 e. The van der Waals surface area contributed by atoms with Crippen LogP contribution in [-0.2, 0) is 20.4 Å². The maximum absolute atomic E-state index is 13.8. The summed E-state index contributed by atoms with van der Waals surface area (Å²) in [5.41, 5.74) is -1.49. The molecule has 1 aliphatic carbocycles. The Kier molecular flexibility index (Phi) is 7.28. The minimum absolute atomic E-state index is 0.183. The molecular formula is C22H20F5N3O3S. The number of carbonyl (C=O) groups excluding carboxylic acids is 1. The van der Waals surface area contributed by atoms with Crippen molar-refractivity contribution in [1.82, 2.24) is 10.6 Å². The van der Waals surface area contributed by atoms with Crippen molar-refractivity contribution in [3.8, 4) is 6.07 Å². The van der Waals surface area contributed by atoms with Crippen molar-refractivity contribution in [3.05, 3.63) is 71.3 Å². The molecule has 6 nitrogen and oxygen atoms in total. The molecule has 0 heterocycles. The van der Waals surface area contributed by atoms with E-state index in [0.717, 1.165) is 36.4 Å². The number of amides is 1. The Hall–Kier alpha value is -3.04. The number of halogens is 5.